The fraction of sp³-hybridized carbons (Fsp3) is 0.471. The van der Waals surface area contributed by atoms with Gasteiger partial charge in [0.15, 0.2) is 0 Å². The molecule has 2 unspecified atom stereocenters. The Kier molecular flexibility index (Phi) is 3.88. The Balaban J connectivity index is 1.59. The third kappa shape index (κ3) is 2.78. The molecule has 2 atom stereocenters. The van der Waals surface area contributed by atoms with Gasteiger partial charge in [0.25, 0.3) is 0 Å². The molecule has 3 rings (SSSR count). The van der Waals surface area contributed by atoms with Gasteiger partial charge in [-0.3, -0.25) is 4.68 Å². The molecule has 1 N–H and O–H groups in total. The Labute approximate surface area is 120 Å². The highest BCUT2D eigenvalue weighted by molar-refractivity contribution is 5.29. The van der Waals surface area contributed by atoms with Crippen LogP contribution in [0.15, 0.2) is 36.5 Å². The van der Waals surface area contributed by atoms with Gasteiger partial charge >= 0.3 is 0 Å². The SMILES string of the molecule is Cn1nccc1CCC(O)C1CCc2ccccc2C1. The summed E-state index contributed by atoms with van der Waals surface area (Å²) in [6.07, 6.45) is 6.55. The molecule has 0 radical (unpaired) electrons. The van der Waals surface area contributed by atoms with E-state index < -0.39 is 0 Å². The molecule has 1 heterocycles. The van der Waals surface area contributed by atoms with Gasteiger partial charge in [-0.25, -0.2) is 0 Å². The van der Waals surface area contributed by atoms with E-state index in [2.05, 4.69) is 29.4 Å². The number of aromatic nitrogens is 2. The number of nitrogens with zero attached hydrogens (tertiary/aromatic N) is 2. The van der Waals surface area contributed by atoms with Crippen LogP contribution >= 0.6 is 0 Å². The van der Waals surface area contributed by atoms with Gasteiger partial charge in [0, 0.05) is 18.9 Å². The van der Waals surface area contributed by atoms with Gasteiger partial charge in [-0.05, 0) is 55.2 Å². The molecule has 3 heteroatoms. The molecule has 1 aliphatic rings. The largest absolute Gasteiger partial charge is 0.393 e. The minimum atomic E-state index is -0.210. The highest BCUT2D eigenvalue weighted by atomic mass is 16.3. The van der Waals surface area contributed by atoms with Gasteiger partial charge in [0.05, 0.1) is 6.10 Å². The molecule has 0 amide bonds. The average Bonchev–Trinajstić information content (AvgIpc) is 2.89. The smallest absolute Gasteiger partial charge is 0.0575 e. The van der Waals surface area contributed by atoms with Gasteiger partial charge < -0.3 is 5.11 Å². The fourth-order valence-electron chi connectivity index (χ4n) is 3.23. The third-order valence-corrected chi connectivity index (χ3v) is 4.55. The summed E-state index contributed by atoms with van der Waals surface area (Å²) in [5.74, 6) is 0.401. The van der Waals surface area contributed by atoms with Crippen LogP contribution in [0.5, 0.6) is 0 Å². The van der Waals surface area contributed by atoms with Crippen molar-refractivity contribution in [1.29, 1.82) is 0 Å². The number of aliphatic hydroxyl groups is 1. The number of benzene rings is 1. The first-order valence-corrected chi connectivity index (χ1v) is 7.46. The van der Waals surface area contributed by atoms with E-state index in [9.17, 15) is 5.11 Å². The lowest BCUT2D eigenvalue weighted by atomic mass is 9.80. The van der Waals surface area contributed by atoms with Crippen molar-refractivity contribution in [3.63, 3.8) is 0 Å². The Bertz CT molecular complexity index is 576. The lowest BCUT2D eigenvalue weighted by Gasteiger charge is -2.28. The van der Waals surface area contributed by atoms with Crippen molar-refractivity contribution in [3.05, 3.63) is 53.3 Å². The molecule has 0 saturated carbocycles. The van der Waals surface area contributed by atoms with Gasteiger partial charge in [-0.15, -0.1) is 0 Å². The lowest BCUT2D eigenvalue weighted by molar-refractivity contribution is 0.0906. The van der Waals surface area contributed by atoms with E-state index >= 15 is 0 Å². The van der Waals surface area contributed by atoms with Crippen LogP contribution < -0.4 is 0 Å². The second-order valence-electron chi connectivity index (χ2n) is 5.82. The zero-order valence-corrected chi connectivity index (χ0v) is 12.0. The van der Waals surface area contributed by atoms with Gasteiger partial charge in [-0.1, -0.05) is 24.3 Å². The molecule has 0 bridgehead atoms. The van der Waals surface area contributed by atoms with Crippen molar-refractivity contribution >= 4 is 0 Å². The van der Waals surface area contributed by atoms with E-state index in [-0.39, 0.29) is 6.10 Å². The minimum Gasteiger partial charge on any atom is -0.393 e. The van der Waals surface area contributed by atoms with Crippen LogP contribution in [0.3, 0.4) is 0 Å². The maximum atomic E-state index is 10.5. The van der Waals surface area contributed by atoms with Gasteiger partial charge in [0.2, 0.25) is 0 Å². The number of rotatable bonds is 4. The summed E-state index contributed by atoms with van der Waals surface area (Å²) in [7, 11) is 1.96. The minimum absolute atomic E-state index is 0.210. The Morgan fingerprint density at radius 3 is 2.85 bits per heavy atom. The molecule has 0 saturated heterocycles. The summed E-state index contributed by atoms with van der Waals surface area (Å²) in [5, 5.41) is 14.6. The summed E-state index contributed by atoms with van der Waals surface area (Å²) in [6, 6.07) is 10.7. The van der Waals surface area contributed by atoms with Crippen LogP contribution in [0, 0.1) is 5.92 Å². The number of fused-ring (bicyclic) bond motifs is 1. The van der Waals surface area contributed by atoms with E-state index in [0.29, 0.717) is 5.92 Å². The standard InChI is InChI=1S/C17H22N2O/c1-19-16(10-11-18-19)8-9-17(20)15-7-6-13-4-2-3-5-14(13)12-15/h2-5,10-11,15,17,20H,6-9,12H2,1H3. The normalized spacial score (nSPS) is 19.6. The van der Waals surface area contributed by atoms with Crippen molar-refractivity contribution in [3.8, 4) is 0 Å². The van der Waals surface area contributed by atoms with E-state index in [0.717, 1.165) is 32.1 Å². The maximum absolute atomic E-state index is 10.5. The van der Waals surface area contributed by atoms with E-state index in [1.54, 1.807) is 0 Å². The van der Waals surface area contributed by atoms with Crippen LogP contribution in [0.4, 0.5) is 0 Å². The molecule has 106 valence electrons. The molecule has 1 aliphatic carbocycles. The van der Waals surface area contributed by atoms with Crippen LogP contribution in [0.2, 0.25) is 0 Å². The number of aryl methyl sites for hydroxylation is 3. The van der Waals surface area contributed by atoms with Gasteiger partial charge in [-0.2, -0.15) is 5.10 Å². The first-order valence-electron chi connectivity index (χ1n) is 7.46. The molecule has 1 aromatic carbocycles. The Morgan fingerprint density at radius 1 is 1.30 bits per heavy atom. The van der Waals surface area contributed by atoms with Crippen molar-refractivity contribution < 1.29 is 5.11 Å². The van der Waals surface area contributed by atoms with Crippen molar-refractivity contribution in [1.82, 2.24) is 9.78 Å². The molecule has 1 aromatic heterocycles. The molecular formula is C17H22N2O. The summed E-state index contributed by atoms with van der Waals surface area (Å²) in [4.78, 5) is 0. The maximum Gasteiger partial charge on any atom is 0.0575 e. The quantitative estimate of drug-likeness (QED) is 0.927. The number of aliphatic hydroxyl groups excluding tert-OH is 1. The monoisotopic (exact) mass is 270 g/mol. The summed E-state index contributed by atoms with van der Waals surface area (Å²) in [6.45, 7) is 0. The predicted octanol–water partition coefficient (Wildman–Crippen LogP) is 2.52. The molecule has 0 aliphatic heterocycles. The predicted molar refractivity (Wildman–Crippen MR) is 79.5 cm³/mol. The van der Waals surface area contributed by atoms with Crippen LogP contribution in [-0.4, -0.2) is 21.0 Å². The summed E-state index contributed by atoms with van der Waals surface area (Å²) >= 11 is 0. The summed E-state index contributed by atoms with van der Waals surface area (Å²) in [5.41, 5.74) is 4.08. The highest BCUT2D eigenvalue weighted by Crippen LogP contribution is 2.28. The van der Waals surface area contributed by atoms with Crippen molar-refractivity contribution in [2.45, 2.75) is 38.2 Å². The van der Waals surface area contributed by atoms with Crippen LogP contribution in [0.25, 0.3) is 0 Å². The first-order chi connectivity index (χ1) is 9.74. The zero-order chi connectivity index (χ0) is 13.9. The second-order valence-corrected chi connectivity index (χ2v) is 5.82. The highest BCUT2D eigenvalue weighted by Gasteiger charge is 2.24. The average molecular weight is 270 g/mol. The molecule has 0 fully saturated rings. The van der Waals surface area contributed by atoms with E-state index in [1.807, 2.05) is 24.0 Å². The first kappa shape index (κ1) is 13.4. The summed E-state index contributed by atoms with van der Waals surface area (Å²) < 4.78 is 1.89. The van der Waals surface area contributed by atoms with E-state index in [1.165, 1.54) is 16.8 Å². The molecule has 3 nitrogen and oxygen atoms in total. The van der Waals surface area contributed by atoms with Crippen molar-refractivity contribution in [2.24, 2.45) is 13.0 Å². The van der Waals surface area contributed by atoms with Crippen LogP contribution in [-0.2, 0) is 26.3 Å². The van der Waals surface area contributed by atoms with Gasteiger partial charge in [0.1, 0.15) is 0 Å². The van der Waals surface area contributed by atoms with Crippen molar-refractivity contribution in [2.75, 3.05) is 0 Å². The fourth-order valence-corrected chi connectivity index (χ4v) is 3.23. The molecular weight excluding hydrogens is 248 g/mol. The number of hydrogen-bond donors (Lipinski definition) is 1. The topological polar surface area (TPSA) is 38.0 Å². The molecule has 0 spiro atoms. The number of hydrogen-bond acceptors (Lipinski definition) is 2. The Hall–Kier alpha value is -1.61. The lowest BCUT2D eigenvalue weighted by Crippen LogP contribution is -2.27. The molecule has 2 aromatic rings. The molecule has 20 heavy (non-hydrogen) atoms. The zero-order valence-electron chi connectivity index (χ0n) is 12.0. The Morgan fingerprint density at radius 2 is 2.10 bits per heavy atom. The second kappa shape index (κ2) is 5.80. The van der Waals surface area contributed by atoms with E-state index in [4.69, 9.17) is 0 Å². The van der Waals surface area contributed by atoms with Crippen LogP contribution in [0.1, 0.15) is 29.7 Å². The third-order valence-electron chi connectivity index (χ3n) is 4.55.